The van der Waals surface area contributed by atoms with E-state index in [2.05, 4.69) is 15.5 Å². The Bertz CT molecular complexity index is 981. The van der Waals surface area contributed by atoms with Gasteiger partial charge in [-0.05, 0) is 36.8 Å². The summed E-state index contributed by atoms with van der Waals surface area (Å²) in [6, 6.07) is 11.1. The minimum absolute atomic E-state index is 0.370. The Morgan fingerprint density at radius 3 is 2.50 bits per heavy atom. The van der Waals surface area contributed by atoms with E-state index in [1.165, 1.54) is 18.2 Å². The van der Waals surface area contributed by atoms with E-state index < -0.39 is 11.7 Å². The average Bonchev–Trinajstić information content (AvgIpc) is 3.04. The molecule has 0 radical (unpaired) electrons. The van der Waals surface area contributed by atoms with Crippen molar-refractivity contribution in [2.24, 2.45) is 0 Å². The van der Waals surface area contributed by atoms with Crippen molar-refractivity contribution in [2.45, 2.75) is 25.9 Å². The van der Waals surface area contributed by atoms with E-state index in [1.54, 1.807) is 18.2 Å². The third kappa shape index (κ3) is 4.36. The number of hydrogen-bond acceptors (Lipinski definition) is 2. The Hall–Kier alpha value is -2.80. The van der Waals surface area contributed by atoms with Crippen molar-refractivity contribution in [3.8, 4) is 11.3 Å². The summed E-state index contributed by atoms with van der Waals surface area (Å²) in [5, 5.41) is 10.3. The fourth-order valence-corrected chi connectivity index (χ4v) is 2.98. The molecule has 0 fully saturated rings. The Balaban J connectivity index is 1.96. The number of rotatable bonds is 5. The van der Waals surface area contributed by atoms with Crippen LogP contribution in [-0.2, 0) is 12.6 Å². The van der Waals surface area contributed by atoms with Crippen molar-refractivity contribution in [3.05, 3.63) is 70.4 Å². The van der Waals surface area contributed by atoms with Gasteiger partial charge in [0.25, 0.3) is 5.91 Å². The molecule has 1 aromatic heterocycles. The van der Waals surface area contributed by atoms with Crippen LogP contribution in [0.4, 0.5) is 18.9 Å². The minimum Gasteiger partial charge on any atom is -0.319 e. The Morgan fingerprint density at radius 2 is 1.89 bits per heavy atom. The average molecular weight is 408 g/mol. The van der Waals surface area contributed by atoms with E-state index in [1.807, 2.05) is 6.92 Å². The molecular formula is C20H17ClF3N3O. The molecule has 2 N–H and O–H groups in total. The van der Waals surface area contributed by atoms with Crippen LogP contribution in [-0.4, -0.2) is 16.1 Å². The maximum Gasteiger partial charge on any atom is 0.416 e. The molecule has 0 aliphatic heterocycles. The first-order valence-corrected chi connectivity index (χ1v) is 8.99. The molecule has 4 nitrogen and oxygen atoms in total. The number of nitrogens with zero attached hydrogens (tertiary/aromatic N) is 1. The van der Waals surface area contributed by atoms with Crippen LogP contribution >= 0.6 is 11.6 Å². The molecular weight excluding hydrogens is 391 g/mol. The number of aryl methyl sites for hydroxylation is 1. The van der Waals surface area contributed by atoms with Gasteiger partial charge in [-0.1, -0.05) is 43.1 Å². The first-order valence-electron chi connectivity index (χ1n) is 8.61. The first kappa shape index (κ1) is 19.9. The Kier molecular flexibility index (Phi) is 5.74. The quantitative estimate of drug-likeness (QED) is 0.548. The number of aromatic nitrogens is 2. The zero-order chi connectivity index (χ0) is 20.3. The summed E-state index contributed by atoms with van der Waals surface area (Å²) >= 11 is 5.94. The van der Waals surface area contributed by atoms with Crippen LogP contribution in [0.3, 0.4) is 0 Å². The van der Waals surface area contributed by atoms with Crippen LogP contribution in [0.2, 0.25) is 5.02 Å². The van der Waals surface area contributed by atoms with Crippen molar-refractivity contribution in [2.75, 3.05) is 5.32 Å². The molecule has 2 aromatic carbocycles. The van der Waals surface area contributed by atoms with Crippen LogP contribution < -0.4 is 5.32 Å². The van der Waals surface area contributed by atoms with E-state index in [-0.39, 0.29) is 5.91 Å². The molecule has 0 unspecified atom stereocenters. The summed E-state index contributed by atoms with van der Waals surface area (Å²) < 4.78 is 38.4. The molecule has 28 heavy (non-hydrogen) atoms. The lowest BCUT2D eigenvalue weighted by Crippen LogP contribution is -2.13. The molecule has 1 amide bonds. The molecule has 1 heterocycles. The second-order valence-corrected chi connectivity index (χ2v) is 6.65. The second kappa shape index (κ2) is 8.06. The maximum absolute atomic E-state index is 12.8. The summed E-state index contributed by atoms with van der Waals surface area (Å²) in [6.07, 6.45) is -2.99. The van der Waals surface area contributed by atoms with Crippen molar-refractivity contribution < 1.29 is 18.0 Å². The summed E-state index contributed by atoms with van der Waals surface area (Å²) in [7, 11) is 0. The number of alkyl halides is 3. The summed E-state index contributed by atoms with van der Waals surface area (Å²) in [6.45, 7) is 1.97. The van der Waals surface area contributed by atoms with Gasteiger partial charge in [-0.3, -0.25) is 9.89 Å². The number of halogens is 4. The molecule has 0 saturated carbocycles. The normalized spacial score (nSPS) is 11.5. The Morgan fingerprint density at radius 1 is 1.18 bits per heavy atom. The first-order chi connectivity index (χ1) is 13.3. The topological polar surface area (TPSA) is 57.8 Å². The van der Waals surface area contributed by atoms with Crippen molar-refractivity contribution in [3.63, 3.8) is 0 Å². The lowest BCUT2D eigenvalue weighted by atomic mass is 10.1. The molecule has 0 bridgehead atoms. The number of carbonyl (C=O) groups is 1. The van der Waals surface area contributed by atoms with Crippen LogP contribution in [0.5, 0.6) is 0 Å². The van der Waals surface area contributed by atoms with Gasteiger partial charge in [-0.2, -0.15) is 18.3 Å². The van der Waals surface area contributed by atoms with E-state index >= 15 is 0 Å². The highest BCUT2D eigenvalue weighted by Gasteiger charge is 2.30. The monoisotopic (exact) mass is 407 g/mol. The van der Waals surface area contributed by atoms with Gasteiger partial charge >= 0.3 is 6.18 Å². The molecule has 146 valence electrons. The number of amides is 1. The Labute approximate surface area is 164 Å². The number of anilines is 1. The fraction of sp³-hybridized carbons (Fsp3) is 0.200. The zero-order valence-electron chi connectivity index (χ0n) is 14.9. The summed E-state index contributed by atoms with van der Waals surface area (Å²) in [5.41, 5.74) is 1.62. The van der Waals surface area contributed by atoms with Gasteiger partial charge in [0.1, 0.15) is 5.69 Å². The van der Waals surface area contributed by atoms with Gasteiger partial charge in [0.2, 0.25) is 0 Å². The number of aromatic amines is 1. The van der Waals surface area contributed by atoms with E-state index in [9.17, 15) is 18.0 Å². The third-order valence-electron chi connectivity index (χ3n) is 4.15. The maximum atomic E-state index is 12.8. The van der Waals surface area contributed by atoms with Crippen molar-refractivity contribution in [1.29, 1.82) is 0 Å². The molecule has 0 atom stereocenters. The molecule has 3 rings (SSSR count). The molecule has 0 aliphatic carbocycles. The van der Waals surface area contributed by atoms with Gasteiger partial charge < -0.3 is 5.32 Å². The highest BCUT2D eigenvalue weighted by molar-refractivity contribution is 6.31. The standard InChI is InChI=1S/C20H17ClF3N3O/c1-2-4-16-18(25-19(28)13-5-3-6-15(21)11-13)17(27-26-16)12-7-9-14(10-8-12)20(22,23)24/h3,5-11H,2,4H2,1H3,(H,25,28)(H,26,27). The molecule has 8 heteroatoms. The minimum atomic E-state index is -4.42. The fourth-order valence-electron chi connectivity index (χ4n) is 2.79. The highest BCUT2D eigenvalue weighted by Crippen LogP contribution is 2.34. The molecule has 3 aromatic rings. The molecule has 0 aliphatic rings. The van der Waals surface area contributed by atoms with Gasteiger partial charge in [0.15, 0.2) is 0 Å². The van der Waals surface area contributed by atoms with Crippen LogP contribution in [0.15, 0.2) is 48.5 Å². The molecule has 0 spiro atoms. The highest BCUT2D eigenvalue weighted by atomic mass is 35.5. The summed E-state index contributed by atoms with van der Waals surface area (Å²) in [4.78, 5) is 12.6. The van der Waals surface area contributed by atoms with Gasteiger partial charge in [0.05, 0.1) is 16.9 Å². The number of H-pyrrole nitrogens is 1. The third-order valence-corrected chi connectivity index (χ3v) is 4.39. The van der Waals surface area contributed by atoms with Crippen LogP contribution in [0.1, 0.15) is 35.0 Å². The zero-order valence-corrected chi connectivity index (χ0v) is 15.7. The van der Waals surface area contributed by atoms with Gasteiger partial charge in [0, 0.05) is 16.1 Å². The van der Waals surface area contributed by atoms with E-state index in [4.69, 9.17) is 11.6 Å². The smallest absolute Gasteiger partial charge is 0.319 e. The number of hydrogen-bond donors (Lipinski definition) is 2. The van der Waals surface area contributed by atoms with Gasteiger partial charge in [-0.25, -0.2) is 0 Å². The SMILES string of the molecule is CCCc1[nH]nc(-c2ccc(C(F)(F)F)cc2)c1NC(=O)c1cccc(Cl)c1. The van der Waals surface area contributed by atoms with Crippen LogP contribution in [0, 0.1) is 0 Å². The van der Waals surface area contributed by atoms with Gasteiger partial charge in [-0.15, -0.1) is 0 Å². The number of benzene rings is 2. The largest absolute Gasteiger partial charge is 0.416 e. The van der Waals surface area contributed by atoms with Crippen LogP contribution in [0.25, 0.3) is 11.3 Å². The predicted octanol–water partition coefficient (Wildman–Crippen LogP) is 5.95. The lowest BCUT2D eigenvalue weighted by molar-refractivity contribution is -0.137. The lowest BCUT2D eigenvalue weighted by Gasteiger charge is -2.10. The van der Waals surface area contributed by atoms with Crippen molar-refractivity contribution in [1.82, 2.24) is 10.2 Å². The summed E-state index contributed by atoms with van der Waals surface area (Å²) in [5.74, 6) is -0.380. The predicted molar refractivity (Wildman–Crippen MR) is 102 cm³/mol. The van der Waals surface area contributed by atoms with E-state index in [0.717, 1.165) is 18.6 Å². The molecule has 0 saturated heterocycles. The number of carbonyl (C=O) groups excluding carboxylic acids is 1. The second-order valence-electron chi connectivity index (χ2n) is 6.22. The number of nitrogens with one attached hydrogen (secondary N) is 2. The van der Waals surface area contributed by atoms with Crippen molar-refractivity contribution >= 4 is 23.2 Å². The van der Waals surface area contributed by atoms with E-state index in [0.29, 0.717) is 39.6 Å².